The highest BCUT2D eigenvalue weighted by Crippen LogP contribution is 2.09. The van der Waals surface area contributed by atoms with E-state index < -0.39 is 30.1 Å². The monoisotopic (exact) mass is 364 g/mol. The molecule has 1 rings (SSSR count). The van der Waals surface area contributed by atoms with Gasteiger partial charge in [0.05, 0.1) is 0 Å². The molecule has 0 bridgehead atoms. The van der Waals surface area contributed by atoms with Crippen LogP contribution in [0.5, 0.6) is 0 Å². The van der Waals surface area contributed by atoms with Crippen molar-refractivity contribution in [2.75, 3.05) is 0 Å². The number of carbonyl (C=O) groups excluding carboxylic acids is 2. The van der Waals surface area contributed by atoms with Crippen molar-refractivity contribution in [1.82, 2.24) is 10.6 Å². The molecule has 0 aliphatic heterocycles. The standard InChI is InChI=1S/C19H28N2O5/c1-12(2)10-15(17(22)21-16(13(3)4)18(23)24)20-19(25)26-11-14-8-6-5-7-9-14/h5-9,12-13,15-16H,10-11H2,1-4H3,(H,20,25)(H,21,22)(H,23,24). The van der Waals surface area contributed by atoms with Gasteiger partial charge in [0.25, 0.3) is 0 Å². The minimum absolute atomic E-state index is 0.0897. The lowest BCUT2D eigenvalue weighted by Gasteiger charge is -2.24. The van der Waals surface area contributed by atoms with Gasteiger partial charge in [-0.3, -0.25) is 4.79 Å². The Hall–Kier alpha value is -2.57. The Balaban J connectivity index is 2.68. The number of ether oxygens (including phenoxy) is 1. The molecule has 0 aliphatic carbocycles. The predicted octanol–water partition coefficient (Wildman–Crippen LogP) is 2.55. The first-order valence-electron chi connectivity index (χ1n) is 8.71. The number of hydrogen-bond donors (Lipinski definition) is 3. The molecule has 2 amide bonds. The summed E-state index contributed by atoms with van der Waals surface area (Å²) >= 11 is 0. The van der Waals surface area contributed by atoms with Crippen molar-refractivity contribution < 1.29 is 24.2 Å². The fraction of sp³-hybridized carbons (Fsp3) is 0.526. The quantitative estimate of drug-likeness (QED) is 0.625. The van der Waals surface area contributed by atoms with Gasteiger partial charge in [0.1, 0.15) is 18.7 Å². The first kappa shape index (κ1) is 21.5. The molecule has 0 spiro atoms. The zero-order valence-corrected chi connectivity index (χ0v) is 15.7. The van der Waals surface area contributed by atoms with Gasteiger partial charge in [-0.2, -0.15) is 0 Å². The normalized spacial score (nSPS) is 13.2. The molecule has 0 aliphatic rings. The summed E-state index contributed by atoms with van der Waals surface area (Å²) in [6.45, 7) is 7.32. The summed E-state index contributed by atoms with van der Waals surface area (Å²) in [6, 6.07) is 7.31. The lowest BCUT2D eigenvalue weighted by Crippen LogP contribution is -2.53. The molecule has 0 aromatic heterocycles. The maximum Gasteiger partial charge on any atom is 0.408 e. The average Bonchev–Trinajstić information content (AvgIpc) is 2.57. The molecule has 2 unspecified atom stereocenters. The van der Waals surface area contributed by atoms with Gasteiger partial charge in [-0.15, -0.1) is 0 Å². The molecule has 1 aromatic rings. The van der Waals surface area contributed by atoms with Crippen molar-refractivity contribution in [3.05, 3.63) is 35.9 Å². The molecular weight excluding hydrogens is 336 g/mol. The molecule has 0 fully saturated rings. The second kappa shape index (κ2) is 10.4. The number of aliphatic carboxylic acids is 1. The number of carboxylic acid groups (broad SMARTS) is 1. The molecule has 0 radical (unpaired) electrons. The minimum Gasteiger partial charge on any atom is -0.480 e. The van der Waals surface area contributed by atoms with Gasteiger partial charge in [0, 0.05) is 0 Å². The molecular formula is C19H28N2O5. The Kier molecular flexibility index (Phi) is 8.61. The number of carboxylic acids is 1. The third kappa shape index (κ3) is 7.55. The maximum absolute atomic E-state index is 12.5. The van der Waals surface area contributed by atoms with Crippen LogP contribution in [0.2, 0.25) is 0 Å². The van der Waals surface area contributed by atoms with Crippen LogP contribution in [0.4, 0.5) is 4.79 Å². The molecule has 3 N–H and O–H groups in total. The zero-order chi connectivity index (χ0) is 19.7. The predicted molar refractivity (Wildman–Crippen MR) is 97.4 cm³/mol. The van der Waals surface area contributed by atoms with Gasteiger partial charge < -0.3 is 20.5 Å². The minimum atomic E-state index is -1.11. The number of carbonyl (C=O) groups is 3. The smallest absolute Gasteiger partial charge is 0.408 e. The fourth-order valence-corrected chi connectivity index (χ4v) is 2.38. The van der Waals surface area contributed by atoms with E-state index in [1.807, 2.05) is 44.2 Å². The number of amides is 2. The van der Waals surface area contributed by atoms with Crippen LogP contribution in [0.1, 0.15) is 39.7 Å². The highest BCUT2D eigenvalue weighted by molar-refractivity contribution is 5.89. The maximum atomic E-state index is 12.5. The molecule has 144 valence electrons. The van der Waals surface area contributed by atoms with Crippen molar-refractivity contribution in [3.63, 3.8) is 0 Å². The number of benzene rings is 1. The summed E-state index contributed by atoms with van der Waals surface area (Å²) in [5, 5.41) is 14.2. The molecule has 26 heavy (non-hydrogen) atoms. The Morgan fingerprint density at radius 2 is 1.65 bits per heavy atom. The third-order valence-electron chi connectivity index (χ3n) is 3.76. The van der Waals surface area contributed by atoms with E-state index >= 15 is 0 Å². The Bertz CT molecular complexity index is 601. The van der Waals surface area contributed by atoms with Gasteiger partial charge in [-0.05, 0) is 23.8 Å². The van der Waals surface area contributed by atoms with E-state index in [1.54, 1.807) is 13.8 Å². The summed E-state index contributed by atoms with van der Waals surface area (Å²) in [5.41, 5.74) is 0.832. The van der Waals surface area contributed by atoms with Crippen LogP contribution in [-0.4, -0.2) is 35.2 Å². The van der Waals surface area contributed by atoms with E-state index in [1.165, 1.54) is 0 Å². The van der Waals surface area contributed by atoms with Gasteiger partial charge in [-0.25, -0.2) is 9.59 Å². The highest BCUT2D eigenvalue weighted by Gasteiger charge is 2.29. The Labute approximate surface area is 154 Å². The molecule has 7 nitrogen and oxygen atoms in total. The molecule has 1 aromatic carbocycles. The van der Waals surface area contributed by atoms with Crippen LogP contribution in [0, 0.1) is 11.8 Å². The first-order chi connectivity index (χ1) is 12.2. The number of alkyl carbamates (subject to hydrolysis) is 1. The van der Waals surface area contributed by atoms with E-state index in [4.69, 9.17) is 4.74 Å². The van der Waals surface area contributed by atoms with Crippen LogP contribution in [0.25, 0.3) is 0 Å². The van der Waals surface area contributed by atoms with Gasteiger partial charge in [-0.1, -0.05) is 58.0 Å². The molecule has 0 heterocycles. The first-order valence-corrected chi connectivity index (χ1v) is 8.71. The number of nitrogens with one attached hydrogen (secondary N) is 2. The summed E-state index contributed by atoms with van der Waals surface area (Å²) < 4.78 is 5.14. The van der Waals surface area contributed by atoms with Crippen molar-refractivity contribution in [3.8, 4) is 0 Å². The Morgan fingerprint density at radius 3 is 2.15 bits per heavy atom. The van der Waals surface area contributed by atoms with Crippen molar-refractivity contribution in [2.45, 2.75) is 52.8 Å². The van der Waals surface area contributed by atoms with Crippen LogP contribution in [0.15, 0.2) is 30.3 Å². The van der Waals surface area contributed by atoms with Crippen LogP contribution < -0.4 is 10.6 Å². The van der Waals surface area contributed by atoms with E-state index in [0.717, 1.165) is 5.56 Å². The molecule has 7 heteroatoms. The zero-order valence-electron chi connectivity index (χ0n) is 15.7. The highest BCUT2D eigenvalue weighted by atomic mass is 16.5. The van der Waals surface area contributed by atoms with Gasteiger partial charge in [0.15, 0.2) is 0 Å². The molecule has 0 saturated heterocycles. The summed E-state index contributed by atoms with van der Waals surface area (Å²) in [6.07, 6.45) is -0.345. The molecule has 2 atom stereocenters. The Morgan fingerprint density at radius 1 is 1.04 bits per heavy atom. The van der Waals surface area contributed by atoms with Gasteiger partial charge in [0.2, 0.25) is 5.91 Å². The molecule has 0 saturated carbocycles. The second-order valence-electron chi connectivity index (χ2n) is 6.96. The third-order valence-corrected chi connectivity index (χ3v) is 3.76. The topological polar surface area (TPSA) is 105 Å². The van der Waals surface area contributed by atoms with Crippen molar-refractivity contribution in [2.24, 2.45) is 11.8 Å². The average molecular weight is 364 g/mol. The summed E-state index contributed by atoms with van der Waals surface area (Å²) in [7, 11) is 0. The van der Waals surface area contributed by atoms with E-state index in [-0.39, 0.29) is 18.4 Å². The van der Waals surface area contributed by atoms with E-state index in [2.05, 4.69) is 10.6 Å². The van der Waals surface area contributed by atoms with Crippen molar-refractivity contribution >= 4 is 18.0 Å². The van der Waals surface area contributed by atoms with Crippen molar-refractivity contribution in [1.29, 1.82) is 0 Å². The number of rotatable bonds is 9. The summed E-state index contributed by atoms with van der Waals surface area (Å²) in [4.78, 5) is 35.8. The van der Waals surface area contributed by atoms with E-state index in [0.29, 0.717) is 6.42 Å². The largest absolute Gasteiger partial charge is 0.480 e. The lowest BCUT2D eigenvalue weighted by atomic mass is 10.0. The van der Waals surface area contributed by atoms with Gasteiger partial charge >= 0.3 is 12.1 Å². The van der Waals surface area contributed by atoms with Crippen LogP contribution >= 0.6 is 0 Å². The fourth-order valence-electron chi connectivity index (χ4n) is 2.38. The summed E-state index contributed by atoms with van der Waals surface area (Å²) in [5.74, 6) is -1.79. The van der Waals surface area contributed by atoms with Crippen LogP contribution in [0.3, 0.4) is 0 Å². The SMILES string of the molecule is CC(C)CC(NC(=O)OCc1ccccc1)C(=O)NC(C(=O)O)C(C)C. The lowest BCUT2D eigenvalue weighted by molar-refractivity contribution is -0.143. The second-order valence-corrected chi connectivity index (χ2v) is 6.96. The number of hydrogen-bond acceptors (Lipinski definition) is 4. The van der Waals surface area contributed by atoms with Crippen LogP contribution in [-0.2, 0) is 20.9 Å². The van der Waals surface area contributed by atoms with E-state index in [9.17, 15) is 19.5 Å².